The summed E-state index contributed by atoms with van der Waals surface area (Å²) in [5.74, 6) is 4.34. The van der Waals surface area contributed by atoms with Gasteiger partial charge >= 0.3 is 0 Å². The molecule has 4 aliphatic carbocycles. The Morgan fingerprint density at radius 1 is 1.12 bits per heavy atom. The number of carbonyl (C=O) groups excluding carboxylic acids is 1. The first-order valence-corrected chi connectivity index (χ1v) is 13.4. The van der Waals surface area contributed by atoms with Gasteiger partial charge in [-0.05, 0) is 111 Å². The minimum Gasteiger partial charge on any atom is -0.390 e. The quantitative estimate of drug-likeness (QED) is 0.678. The molecule has 0 amide bonds. The van der Waals surface area contributed by atoms with Crippen LogP contribution in [0.2, 0.25) is 0 Å². The second-order valence-electron chi connectivity index (χ2n) is 12.1. The van der Waals surface area contributed by atoms with Gasteiger partial charge in [-0.3, -0.25) is 14.5 Å². The van der Waals surface area contributed by atoms with E-state index in [1.165, 1.54) is 38.5 Å². The van der Waals surface area contributed by atoms with Crippen molar-refractivity contribution in [2.45, 2.75) is 90.2 Å². The van der Waals surface area contributed by atoms with Crippen molar-refractivity contribution < 1.29 is 9.90 Å². The lowest BCUT2D eigenvalue weighted by Crippen LogP contribution is -2.51. The van der Waals surface area contributed by atoms with Crippen molar-refractivity contribution in [3.8, 4) is 0 Å². The van der Waals surface area contributed by atoms with Gasteiger partial charge in [-0.2, -0.15) is 5.10 Å². The molecular formula is C28H39N3O2. The van der Waals surface area contributed by atoms with Crippen LogP contribution in [0.1, 0.15) is 78.1 Å². The van der Waals surface area contributed by atoms with E-state index in [0.29, 0.717) is 18.2 Å². The average Bonchev–Trinajstić information content (AvgIpc) is 3.39. The first kappa shape index (κ1) is 21.8. The van der Waals surface area contributed by atoms with Crippen molar-refractivity contribution in [2.75, 3.05) is 0 Å². The van der Waals surface area contributed by atoms with E-state index in [9.17, 15) is 9.90 Å². The number of fused-ring (bicyclic) bond motifs is 6. The van der Waals surface area contributed by atoms with Crippen molar-refractivity contribution in [3.63, 3.8) is 0 Å². The van der Waals surface area contributed by atoms with Crippen LogP contribution < -0.4 is 0 Å². The van der Waals surface area contributed by atoms with E-state index in [1.807, 2.05) is 16.8 Å². The van der Waals surface area contributed by atoms with Crippen LogP contribution in [0.3, 0.4) is 0 Å². The first-order valence-electron chi connectivity index (χ1n) is 13.4. The average molecular weight is 450 g/mol. The molecule has 0 spiro atoms. The van der Waals surface area contributed by atoms with E-state index < -0.39 is 5.60 Å². The minimum atomic E-state index is -0.408. The molecule has 0 aliphatic heterocycles. The minimum absolute atomic E-state index is 0.144. The zero-order valence-corrected chi connectivity index (χ0v) is 20.2. The van der Waals surface area contributed by atoms with Crippen LogP contribution in [-0.2, 0) is 11.3 Å². The lowest BCUT2D eigenvalue weighted by molar-refractivity contribution is -0.133. The number of hydrogen-bond donors (Lipinski definition) is 1. The van der Waals surface area contributed by atoms with E-state index in [4.69, 9.17) is 0 Å². The Hall–Kier alpha value is -1.75. The molecule has 33 heavy (non-hydrogen) atoms. The van der Waals surface area contributed by atoms with Crippen molar-refractivity contribution in [1.29, 1.82) is 0 Å². The van der Waals surface area contributed by atoms with Crippen LogP contribution in [0.5, 0.6) is 0 Å². The number of Topliss-reactive ketones (excluding diaryl/α,β-unsaturated/α-hetero) is 1. The van der Waals surface area contributed by atoms with Crippen molar-refractivity contribution in [3.05, 3.63) is 24.5 Å². The Morgan fingerprint density at radius 3 is 2.82 bits per heavy atom. The highest BCUT2D eigenvalue weighted by atomic mass is 16.3. The van der Waals surface area contributed by atoms with Crippen LogP contribution in [0.4, 0.5) is 0 Å². The van der Waals surface area contributed by atoms with E-state index in [-0.39, 0.29) is 11.3 Å². The summed E-state index contributed by atoms with van der Waals surface area (Å²) in [6.45, 7) is 4.96. The fourth-order valence-corrected chi connectivity index (χ4v) is 9.11. The highest BCUT2D eigenvalue weighted by Crippen LogP contribution is 2.64. The van der Waals surface area contributed by atoms with Crippen LogP contribution in [-0.4, -0.2) is 31.3 Å². The number of nitrogens with zero attached hydrogens (tertiary/aromatic N) is 3. The van der Waals surface area contributed by atoms with E-state index in [2.05, 4.69) is 23.9 Å². The zero-order valence-electron chi connectivity index (χ0n) is 20.2. The molecule has 4 saturated carbocycles. The highest BCUT2D eigenvalue weighted by molar-refractivity contribution is 5.84. The molecule has 0 bridgehead atoms. The molecule has 1 N–H and O–H groups in total. The van der Waals surface area contributed by atoms with Gasteiger partial charge in [0.1, 0.15) is 12.1 Å². The number of rotatable bonds is 4. The molecule has 0 unspecified atom stereocenters. The van der Waals surface area contributed by atoms with E-state index in [1.54, 1.807) is 12.4 Å². The Balaban J connectivity index is 1.19. The van der Waals surface area contributed by atoms with Gasteiger partial charge in [-0.1, -0.05) is 13.8 Å². The van der Waals surface area contributed by atoms with Gasteiger partial charge in [-0.15, -0.1) is 0 Å². The predicted octanol–water partition coefficient (Wildman–Crippen LogP) is 5.41. The van der Waals surface area contributed by atoms with Gasteiger partial charge in [0, 0.05) is 12.1 Å². The molecule has 5 heteroatoms. The Bertz CT molecular complexity index is 1050. The van der Waals surface area contributed by atoms with Gasteiger partial charge in [0.25, 0.3) is 0 Å². The topological polar surface area (TPSA) is 68.0 Å². The van der Waals surface area contributed by atoms with E-state index >= 15 is 0 Å². The molecule has 6 rings (SSSR count). The van der Waals surface area contributed by atoms with Gasteiger partial charge in [0.2, 0.25) is 0 Å². The molecule has 5 nitrogen and oxygen atoms in total. The summed E-state index contributed by atoms with van der Waals surface area (Å²) in [6.07, 6.45) is 15.0. The molecule has 4 fully saturated rings. The summed E-state index contributed by atoms with van der Waals surface area (Å²) in [4.78, 5) is 18.0. The van der Waals surface area contributed by atoms with Crippen molar-refractivity contribution >= 4 is 16.8 Å². The normalized spacial score (nSPS) is 42.5. The third kappa shape index (κ3) is 3.40. The molecule has 2 aromatic heterocycles. The lowest BCUT2D eigenvalue weighted by Gasteiger charge is -2.57. The number of hydrogen-bond acceptors (Lipinski definition) is 4. The Morgan fingerprint density at radius 2 is 1.97 bits per heavy atom. The molecule has 8 atom stereocenters. The maximum absolute atomic E-state index is 13.6. The Kier molecular flexibility index (Phi) is 5.21. The lowest BCUT2D eigenvalue weighted by atomic mass is 9.48. The third-order valence-corrected chi connectivity index (χ3v) is 10.9. The molecule has 0 radical (unpaired) electrons. The van der Waals surface area contributed by atoms with Gasteiger partial charge in [0.15, 0.2) is 5.78 Å². The maximum Gasteiger partial charge on any atom is 0.157 e. The molecule has 178 valence electrons. The first-order chi connectivity index (χ1) is 15.9. The second kappa shape index (κ2) is 7.90. The fraction of sp³-hybridized carbons (Fsp3) is 0.750. The summed E-state index contributed by atoms with van der Waals surface area (Å²) in [7, 11) is 0. The highest BCUT2D eigenvalue weighted by Gasteiger charge is 2.58. The monoisotopic (exact) mass is 449 g/mol. The number of ketones is 1. The van der Waals surface area contributed by atoms with Crippen LogP contribution in [0, 0.1) is 40.9 Å². The largest absolute Gasteiger partial charge is 0.390 e. The molecular weight excluding hydrogens is 410 g/mol. The molecule has 2 aromatic rings. The second-order valence-corrected chi connectivity index (χ2v) is 12.1. The van der Waals surface area contributed by atoms with Crippen LogP contribution in [0.15, 0.2) is 24.5 Å². The summed E-state index contributed by atoms with van der Waals surface area (Å²) in [5, 5.41) is 15.4. The summed E-state index contributed by atoms with van der Waals surface area (Å²) in [5.41, 5.74) is 1.55. The zero-order chi connectivity index (χ0) is 22.8. The number of carbonyl (C=O) groups is 1. The number of pyridine rings is 1. The summed E-state index contributed by atoms with van der Waals surface area (Å²) >= 11 is 0. The van der Waals surface area contributed by atoms with Crippen molar-refractivity contribution in [2.24, 2.45) is 40.9 Å². The van der Waals surface area contributed by atoms with E-state index in [0.717, 1.165) is 60.4 Å². The van der Waals surface area contributed by atoms with Gasteiger partial charge < -0.3 is 5.11 Å². The SMILES string of the molecule is CC[C@@]1(O)CC[C@H]2[C@@H](CC[C@@H]3[C@@H]2CC[C@]2(C)[C@@H](C(=O)Cn4ncc5ncccc54)CC[C@@H]32)C1. The van der Waals surface area contributed by atoms with Crippen LogP contribution >= 0.6 is 0 Å². The molecule has 0 saturated heterocycles. The standard InChI is InChI=1S/C28H39N3O2/c1-3-28(33)13-11-19-18(15-28)6-7-21-20(19)10-12-27(2)22(21)8-9-23(27)26(32)17-31-25-5-4-14-29-24(25)16-30-31/h4-5,14,16,18-23,33H,3,6-13,15,17H2,1-2H3/t18-,19-,20+,21+,22-,23+,27-,28+/m0/s1. The third-order valence-electron chi connectivity index (χ3n) is 10.9. The summed E-state index contributed by atoms with van der Waals surface area (Å²) < 4.78 is 1.86. The Labute approximate surface area is 197 Å². The summed E-state index contributed by atoms with van der Waals surface area (Å²) in [6, 6.07) is 3.93. The fourth-order valence-electron chi connectivity index (χ4n) is 9.11. The smallest absolute Gasteiger partial charge is 0.157 e. The van der Waals surface area contributed by atoms with Gasteiger partial charge in [-0.25, -0.2) is 0 Å². The number of aromatic nitrogens is 3. The molecule has 0 aromatic carbocycles. The molecule has 2 heterocycles. The molecule has 4 aliphatic rings. The van der Waals surface area contributed by atoms with Gasteiger partial charge in [0.05, 0.1) is 17.3 Å². The van der Waals surface area contributed by atoms with Crippen LogP contribution in [0.25, 0.3) is 11.0 Å². The predicted molar refractivity (Wildman–Crippen MR) is 128 cm³/mol. The van der Waals surface area contributed by atoms with Crippen molar-refractivity contribution in [1.82, 2.24) is 14.8 Å². The maximum atomic E-state index is 13.6. The number of aliphatic hydroxyl groups is 1.